The van der Waals surface area contributed by atoms with E-state index in [4.69, 9.17) is 5.73 Å². The van der Waals surface area contributed by atoms with Gasteiger partial charge in [-0.1, -0.05) is 0 Å². The number of nitrogens with two attached hydrogens (primary N) is 1. The molecule has 0 unspecified atom stereocenters. The van der Waals surface area contributed by atoms with E-state index in [-0.39, 0.29) is 11.9 Å². The van der Waals surface area contributed by atoms with Crippen LogP contribution in [0.4, 0.5) is 0 Å². The zero-order valence-electron chi connectivity index (χ0n) is 10.1. The molecule has 0 saturated carbocycles. The van der Waals surface area contributed by atoms with E-state index in [9.17, 15) is 9.90 Å². The summed E-state index contributed by atoms with van der Waals surface area (Å²) in [5, 5.41) is 9.78. The predicted molar refractivity (Wildman–Crippen MR) is 67.4 cm³/mol. The highest BCUT2D eigenvalue weighted by molar-refractivity contribution is 7.98. The van der Waals surface area contributed by atoms with Crippen LogP contribution in [0.25, 0.3) is 0 Å². The van der Waals surface area contributed by atoms with Gasteiger partial charge in [-0.05, 0) is 38.2 Å². The van der Waals surface area contributed by atoms with Crippen molar-refractivity contribution in [2.45, 2.75) is 37.8 Å². The first-order valence-electron chi connectivity index (χ1n) is 5.72. The second-order valence-electron chi connectivity index (χ2n) is 4.71. The molecule has 4 nitrogen and oxygen atoms in total. The average molecular weight is 246 g/mol. The van der Waals surface area contributed by atoms with Crippen molar-refractivity contribution in [2.75, 3.05) is 25.1 Å². The predicted octanol–water partition coefficient (Wildman–Crippen LogP) is 0.440. The van der Waals surface area contributed by atoms with Crippen molar-refractivity contribution >= 4 is 17.7 Å². The van der Waals surface area contributed by atoms with Gasteiger partial charge in [0, 0.05) is 13.1 Å². The third-order valence-corrected chi connectivity index (χ3v) is 3.75. The minimum atomic E-state index is -0.611. The highest BCUT2D eigenvalue weighted by atomic mass is 32.2. The van der Waals surface area contributed by atoms with Crippen LogP contribution in [-0.2, 0) is 4.79 Å². The Bertz CT molecular complexity index is 236. The molecule has 1 rings (SSSR count). The molecule has 94 valence electrons. The quantitative estimate of drug-likeness (QED) is 0.755. The molecule has 1 atom stereocenters. The second kappa shape index (κ2) is 5.89. The Hall–Kier alpha value is -0.260. The Morgan fingerprint density at radius 1 is 1.56 bits per heavy atom. The summed E-state index contributed by atoms with van der Waals surface area (Å²) < 4.78 is 0. The van der Waals surface area contributed by atoms with Gasteiger partial charge in [0.2, 0.25) is 5.91 Å². The van der Waals surface area contributed by atoms with E-state index in [1.165, 1.54) is 0 Å². The molecule has 1 fully saturated rings. The van der Waals surface area contributed by atoms with Crippen molar-refractivity contribution in [1.29, 1.82) is 0 Å². The fraction of sp³-hybridized carbons (Fsp3) is 0.909. The summed E-state index contributed by atoms with van der Waals surface area (Å²) in [4.78, 5) is 13.7. The highest BCUT2D eigenvalue weighted by Crippen LogP contribution is 2.21. The molecule has 0 aromatic heterocycles. The van der Waals surface area contributed by atoms with Gasteiger partial charge in [-0.15, -0.1) is 0 Å². The van der Waals surface area contributed by atoms with Crippen molar-refractivity contribution in [3.8, 4) is 0 Å². The maximum Gasteiger partial charge on any atom is 0.239 e. The van der Waals surface area contributed by atoms with Crippen LogP contribution < -0.4 is 5.73 Å². The van der Waals surface area contributed by atoms with Gasteiger partial charge in [-0.25, -0.2) is 0 Å². The molecule has 0 spiro atoms. The summed E-state index contributed by atoms with van der Waals surface area (Å²) in [7, 11) is 0. The number of hydrogen-bond donors (Lipinski definition) is 2. The molecule has 5 heteroatoms. The minimum absolute atomic E-state index is 0.0320. The lowest BCUT2D eigenvalue weighted by Gasteiger charge is -2.36. The highest BCUT2D eigenvalue weighted by Gasteiger charge is 2.31. The number of hydrogen-bond acceptors (Lipinski definition) is 4. The van der Waals surface area contributed by atoms with Gasteiger partial charge in [0.05, 0.1) is 11.6 Å². The molecule has 16 heavy (non-hydrogen) atoms. The molecule has 0 aromatic rings. The first kappa shape index (κ1) is 13.8. The zero-order chi connectivity index (χ0) is 12.2. The summed E-state index contributed by atoms with van der Waals surface area (Å²) in [5.41, 5.74) is 5.22. The van der Waals surface area contributed by atoms with Gasteiger partial charge in [0.25, 0.3) is 0 Å². The summed E-state index contributed by atoms with van der Waals surface area (Å²) in [6.45, 7) is 3.07. The van der Waals surface area contributed by atoms with Crippen molar-refractivity contribution in [3.63, 3.8) is 0 Å². The molecule has 1 saturated heterocycles. The summed E-state index contributed by atoms with van der Waals surface area (Å²) in [5.74, 6) is 0.947. The van der Waals surface area contributed by atoms with E-state index in [0.717, 1.165) is 12.2 Å². The monoisotopic (exact) mass is 246 g/mol. The largest absolute Gasteiger partial charge is 0.390 e. The number of piperidine rings is 1. The molecule has 1 aliphatic rings. The Kier molecular flexibility index (Phi) is 5.08. The maximum atomic E-state index is 11.9. The van der Waals surface area contributed by atoms with Crippen molar-refractivity contribution in [1.82, 2.24) is 4.90 Å². The molecular weight excluding hydrogens is 224 g/mol. The number of rotatable bonds is 4. The molecule has 1 heterocycles. The topological polar surface area (TPSA) is 66.6 Å². The zero-order valence-corrected chi connectivity index (χ0v) is 10.9. The lowest BCUT2D eigenvalue weighted by atomic mass is 9.93. The van der Waals surface area contributed by atoms with E-state index in [1.807, 2.05) is 13.2 Å². The third kappa shape index (κ3) is 3.96. The van der Waals surface area contributed by atoms with Crippen LogP contribution in [0.2, 0.25) is 0 Å². The van der Waals surface area contributed by atoms with E-state index >= 15 is 0 Å². The first-order chi connectivity index (χ1) is 7.46. The Balaban J connectivity index is 2.38. The molecule has 0 bridgehead atoms. The number of carbonyl (C=O) groups is 1. The lowest BCUT2D eigenvalue weighted by molar-refractivity contribution is -0.136. The molecule has 1 aliphatic heterocycles. The summed E-state index contributed by atoms with van der Waals surface area (Å²) in [6, 6.07) is -0.379. The van der Waals surface area contributed by atoms with Crippen molar-refractivity contribution < 1.29 is 9.90 Å². The van der Waals surface area contributed by atoms with Gasteiger partial charge in [-0.2, -0.15) is 11.8 Å². The number of carbonyl (C=O) groups excluding carboxylic acids is 1. The number of thioether (sulfide) groups is 1. The van der Waals surface area contributed by atoms with Gasteiger partial charge >= 0.3 is 0 Å². The van der Waals surface area contributed by atoms with Crippen LogP contribution in [0.1, 0.15) is 26.2 Å². The molecular formula is C11H22N2O2S. The summed E-state index contributed by atoms with van der Waals surface area (Å²) in [6.07, 6.45) is 4.03. The number of amides is 1. The minimum Gasteiger partial charge on any atom is -0.390 e. The van der Waals surface area contributed by atoms with Crippen LogP contribution in [0, 0.1) is 0 Å². The van der Waals surface area contributed by atoms with Crippen LogP contribution in [0.15, 0.2) is 0 Å². The molecule has 0 aliphatic carbocycles. The number of nitrogens with zero attached hydrogens (tertiary/aromatic N) is 1. The van der Waals surface area contributed by atoms with Crippen LogP contribution in [-0.4, -0.2) is 52.7 Å². The van der Waals surface area contributed by atoms with E-state index in [2.05, 4.69) is 0 Å². The average Bonchev–Trinajstić information content (AvgIpc) is 2.25. The summed E-state index contributed by atoms with van der Waals surface area (Å²) >= 11 is 1.70. The standard InChI is InChI=1S/C11H22N2O2S/c1-11(15)4-6-13(7-5-11)10(14)9(12)3-8-16-2/h9,15H,3-8,12H2,1-2H3/t9-/m0/s1. The SMILES string of the molecule is CSCC[C@H](N)C(=O)N1CCC(C)(O)CC1. The van der Waals surface area contributed by atoms with Gasteiger partial charge in [-0.3, -0.25) is 4.79 Å². The van der Waals surface area contributed by atoms with E-state index in [0.29, 0.717) is 25.9 Å². The number of aliphatic hydroxyl groups is 1. The van der Waals surface area contributed by atoms with Crippen molar-refractivity contribution in [3.05, 3.63) is 0 Å². The van der Waals surface area contributed by atoms with Crippen LogP contribution in [0.3, 0.4) is 0 Å². The van der Waals surface area contributed by atoms with Crippen molar-refractivity contribution in [2.24, 2.45) is 5.73 Å². The Labute approximate surface area is 102 Å². The molecule has 0 aromatic carbocycles. The Morgan fingerprint density at radius 2 is 2.12 bits per heavy atom. The van der Waals surface area contributed by atoms with Gasteiger partial charge in [0.1, 0.15) is 0 Å². The fourth-order valence-electron chi connectivity index (χ4n) is 1.81. The molecule has 3 N–H and O–H groups in total. The third-order valence-electron chi connectivity index (χ3n) is 3.10. The Morgan fingerprint density at radius 3 is 2.62 bits per heavy atom. The van der Waals surface area contributed by atoms with Gasteiger partial charge in [0.15, 0.2) is 0 Å². The fourth-order valence-corrected chi connectivity index (χ4v) is 2.30. The van der Waals surface area contributed by atoms with Crippen LogP contribution >= 0.6 is 11.8 Å². The maximum absolute atomic E-state index is 11.9. The normalized spacial score (nSPS) is 21.9. The number of likely N-dealkylation sites (tertiary alicyclic amines) is 1. The van der Waals surface area contributed by atoms with Crippen LogP contribution in [0.5, 0.6) is 0 Å². The van der Waals surface area contributed by atoms with E-state index < -0.39 is 5.60 Å². The lowest BCUT2D eigenvalue weighted by Crippen LogP contribution is -2.50. The van der Waals surface area contributed by atoms with E-state index in [1.54, 1.807) is 16.7 Å². The second-order valence-corrected chi connectivity index (χ2v) is 5.70. The molecule has 1 amide bonds. The van der Waals surface area contributed by atoms with Gasteiger partial charge < -0.3 is 15.7 Å². The molecule has 0 radical (unpaired) electrons. The first-order valence-corrected chi connectivity index (χ1v) is 7.11. The smallest absolute Gasteiger partial charge is 0.239 e.